The van der Waals surface area contributed by atoms with Crippen LogP contribution >= 0.6 is 0 Å². The predicted molar refractivity (Wildman–Crippen MR) is 108 cm³/mol. The summed E-state index contributed by atoms with van der Waals surface area (Å²) in [7, 11) is 0. The van der Waals surface area contributed by atoms with Gasteiger partial charge < -0.3 is 15.0 Å². The Kier molecular flexibility index (Phi) is 6.52. The smallest absolute Gasteiger partial charge is 0.317 e. The van der Waals surface area contributed by atoms with E-state index in [0.717, 1.165) is 64.5 Å². The molecule has 1 saturated carbocycles. The first kappa shape index (κ1) is 19.7. The molecule has 2 aliphatic heterocycles. The van der Waals surface area contributed by atoms with Gasteiger partial charge in [-0.25, -0.2) is 4.79 Å². The van der Waals surface area contributed by atoms with Gasteiger partial charge in [0.2, 0.25) is 0 Å². The number of morpholine rings is 1. The van der Waals surface area contributed by atoms with E-state index in [1.54, 1.807) is 6.20 Å². The maximum atomic E-state index is 13.0. The molecular weight excluding hydrogens is 354 g/mol. The highest BCUT2D eigenvalue weighted by Crippen LogP contribution is 2.33. The van der Waals surface area contributed by atoms with Crippen LogP contribution in [0.15, 0.2) is 12.3 Å². The number of H-pyrrole nitrogens is 1. The highest BCUT2D eigenvalue weighted by molar-refractivity contribution is 5.74. The van der Waals surface area contributed by atoms with Gasteiger partial charge in [-0.2, -0.15) is 5.10 Å². The first-order chi connectivity index (χ1) is 13.8. The van der Waals surface area contributed by atoms with Crippen molar-refractivity contribution >= 4 is 6.03 Å². The van der Waals surface area contributed by atoms with E-state index < -0.39 is 0 Å². The molecule has 2 saturated heterocycles. The topological polar surface area (TPSA) is 73.5 Å². The number of nitrogens with one attached hydrogen (secondary N) is 2. The van der Waals surface area contributed by atoms with Crippen LogP contribution in [0.25, 0.3) is 0 Å². The number of hydrogen-bond donors (Lipinski definition) is 2. The zero-order chi connectivity index (χ0) is 19.2. The lowest BCUT2D eigenvalue weighted by atomic mass is 9.87. The van der Waals surface area contributed by atoms with Crippen LogP contribution in [0.3, 0.4) is 0 Å². The standard InChI is InChI=1S/C21H35N5O2/c27-20(25-11-5-6-18(16-25)19-7-10-23-24-19)22-17-21(8-3-1-2-4-9-21)26-12-14-28-15-13-26/h7,10,18H,1-6,8-9,11-17H2,(H,22,27)(H,23,24)/t18-/m1/s1. The van der Waals surface area contributed by atoms with Crippen LogP contribution in [0.1, 0.15) is 63.0 Å². The summed E-state index contributed by atoms with van der Waals surface area (Å²) in [6.07, 6.45) is 11.5. The van der Waals surface area contributed by atoms with Crippen molar-refractivity contribution < 1.29 is 9.53 Å². The van der Waals surface area contributed by atoms with Crippen molar-refractivity contribution in [3.63, 3.8) is 0 Å². The summed E-state index contributed by atoms with van der Waals surface area (Å²) >= 11 is 0. The predicted octanol–water partition coefficient (Wildman–Crippen LogP) is 2.72. The molecule has 0 bridgehead atoms. The Labute approximate surface area is 168 Å². The van der Waals surface area contributed by atoms with Crippen LogP contribution in [0, 0.1) is 0 Å². The van der Waals surface area contributed by atoms with Crippen molar-refractivity contribution in [3.05, 3.63) is 18.0 Å². The minimum absolute atomic E-state index is 0.0982. The van der Waals surface area contributed by atoms with Crippen molar-refractivity contribution in [2.45, 2.75) is 62.8 Å². The molecule has 1 aromatic rings. The number of nitrogens with zero attached hydrogens (tertiary/aromatic N) is 3. The first-order valence-electron chi connectivity index (χ1n) is 11.1. The molecule has 0 unspecified atom stereocenters. The molecular formula is C21H35N5O2. The van der Waals surface area contributed by atoms with E-state index in [-0.39, 0.29) is 11.6 Å². The average Bonchev–Trinajstić information content (AvgIpc) is 3.19. The highest BCUT2D eigenvalue weighted by atomic mass is 16.5. The van der Waals surface area contributed by atoms with Gasteiger partial charge >= 0.3 is 6.03 Å². The van der Waals surface area contributed by atoms with Crippen molar-refractivity contribution in [1.82, 2.24) is 25.3 Å². The van der Waals surface area contributed by atoms with Crippen molar-refractivity contribution in [2.24, 2.45) is 0 Å². The lowest BCUT2D eigenvalue weighted by molar-refractivity contribution is -0.0280. The normalized spacial score (nSPS) is 26.6. The summed E-state index contributed by atoms with van der Waals surface area (Å²) in [5.41, 5.74) is 1.25. The third-order valence-corrected chi connectivity index (χ3v) is 6.96. The van der Waals surface area contributed by atoms with Gasteiger partial charge in [0.05, 0.1) is 13.2 Å². The van der Waals surface area contributed by atoms with E-state index in [2.05, 4.69) is 20.4 Å². The van der Waals surface area contributed by atoms with Gasteiger partial charge in [0.1, 0.15) is 0 Å². The minimum Gasteiger partial charge on any atom is -0.379 e. The van der Waals surface area contributed by atoms with E-state index in [9.17, 15) is 4.79 Å². The summed E-state index contributed by atoms with van der Waals surface area (Å²) in [6, 6.07) is 2.13. The van der Waals surface area contributed by atoms with E-state index >= 15 is 0 Å². The Morgan fingerprint density at radius 3 is 2.68 bits per heavy atom. The monoisotopic (exact) mass is 389 g/mol. The fourth-order valence-electron chi connectivity index (χ4n) is 5.29. The number of carbonyl (C=O) groups is 1. The lowest BCUT2D eigenvalue weighted by Crippen LogP contribution is -2.60. The molecule has 28 heavy (non-hydrogen) atoms. The molecule has 2 amide bonds. The number of hydrogen-bond acceptors (Lipinski definition) is 4. The molecule has 3 fully saturated rings. The second-order valence-electron chi connectivity index (χ2n) is 8.69. The Morgan fingerprint density at radius 2 is 1.96 bits per heavy atom. The number of piperidine rings is 1. The molecule has 0 spiro atoms. The molecule has 3 aliphatic rings. The number of urea groups is 1. The second kappa shape index (κ2) is 9.27. The van der Waals surface area contributed by atoms with Crippen molar-refractivity contribution in [2.75, 3.05) is 45.9 Å². The first-order valence-corrected chi connectivity index (χ1v) is 11.1. The summed E-state index contributed by atoms with van der Waals surface area (Å²) in [4.78, 5) is 17.6. The molecule has 7 heteroatoms. The second-order valence-corrected chi connectivity index (χ2v) is 8.69. The molecule has 1 aliphatic carbocycles. The third-order valence-electron chi connectivity index (χ3n) is 6.96. The molecule has 2 N–H and O–H groups in total. The van der Waals surface area contributed by atoms with Gasteiger partial charge in [0.25, 0.3) is 0 Å². The number of aromatic nitrogens is 2. The van der Waals surface area contributed by atoms with E-state index in [1.807, 2.05) is 11.0 Å². The molecule has 0 aromatic carbocycles. The molecule has 7 nitrogen and oxygen atoms in total. The van der Waals surface area contributed by atoms with Gasteiger partial charge in [0, 0.05) is 56.1 Å². The Bertz CT molecular complexity index is 606. The molecule has 0 radical (unpaired) electrons. The van der Waals surface area contributed by atoms with E-state index in [1.165, 1.54) is 38.5 Å². The van der Waals surface area contributed by atoms with Gasteiger partial charge in [0.15, 0.2) is 0 Å². The molecule has 1 aromatic heterocycles. The van der Waals surface area contributed by atoms with Gasteiger partial charge in [-0.05, 0) is 31.7 Å². The number of ether oxygens (including phenoxy) is 1. The minimum atomic E-state index is 0.0982. The quantitative estimate of drug-likeness (QED) is 0.777. The largest absolute Gasteiger partial charge is 0.379 e. The molecule has 4 rings (SSSR count). The van der Waals surface area contributed by atoms with Crippen LogP contribution in [0.2, 0.25) is 0 Å². The van der Waals surface area contributed by atoms with Gasteiger partial charge in [-0.3, -0.25) is 10.00 Å². The summed E-state index contributed by atoms with van der Waals surface area (Å²) in [6.45, 7) is 5.99. The fraction of sp³-hybridized carbons (Fsp3) is 0.810. The van der Waals surface area contributed by atoms with Crippen LogP contribution < -0.4 is 5.32 Å². The molecule has 1 atom stereocenters. The Hall–Kier alpha value is -1.60. The third kappa shape index (κ3) is 4.51. The van der Waals surface area contributed by atoms with E-state index in [0.29, 0.717) is 5.92 Å². The van der Waals surface area contributed by atoms with Crippen molar-refractivity contribution in [1.29, 1.82) is 0 Å². The summed E-state index contributed by atoms with van der Waals surface area (Å²) in [5, 5.41) is 10.5. The number of rotatable bonds is 4. The molecule has 156 valence electrons. The number of amides is 2. The lowest BCUT2D eigenvalue weighted by Gasteiger charge is -2.46. The zero-order valence-electron chi connectivity index (χ0n) is 17.0. The van der Waals surface area contributed by atoms with Gasteiger partial charge in [-0.1, -0.05) is 25.7 Å². The Balaban J connectivity index is 1.38. The highest BCUT2D eigenvalue weighted by Gasteiger charge is 2.38. The zero-order valence-corrected chi connectivity index (χ0v) is 17.0. The number of carbonyl (C=O) groups excluding carboxylic acids is 1. The summed E-state index contributed by atoms with van der Waals surface area (Å²) < 4.78 is 5.59. The average molecular weight is 390 g/mol. The summed E-state index contributed by atoms with van der Waals surface area (Å²) in [5.74, 6) is 0.369. The van der Waals surface area contributed by atoms with Crippen LogP contribution in [0.5, 0.6) is 0 Å². The van der Waals surface area contributed by atoms with Gasteiger partial charge in [-0.15, -0.1) is 0 Å². The Morgan fingerprint density at radius 1 is 1.18 bits per heavy atom. The van der Waals surface area contributed by atoms with Crippen LogP contribution in [0.4, 0.5) is 4.79 Å². The molecule has 3 heterocycles. The number of aromatic amines is 1. The van der Waals surface area contributed by atoms with E-state index in [4.69, 9.17) is 4.74 Å². The van der Waals surface area contributed by atoms with Crippen LogP contribution in [-0.4, -0.2) is 77.5 Å². The number of likely N-dealkylation sites (tertiary alicyclic amines) is 1. The van der Waals surface area contributed by atoms with Crippen molar-refractivity contribution in [3.8, 4) is 0 Å². The SMILES string of the molecule is O=C(NCC1(N2CCOCC2)CCCCCC1)N1CCC[C@@H](c2ccn[nH]2)C1. The van der Waals surface area contributed by atoms with Crippen LogP contribution in [-0.2, 0) is 4.74 Å². The maximum absolute atomic E-state index is 13.0. The maximum Gasteiger partial charge on any atom is 0.317 e. The fourth-order valence-corrected chi connectivity index (χ4v) is 5.29.